The van der Waals surface area contributed by atoms with Crippen LogP contribution in [0.5, 0.6) is 0 Å². The molecular formula is C34H57F4N3OU. The smallest absolute Gasteiger partial charge is 0.422 e. The zero-order valence-electron chi connectivity index (χ0n) is 27.6. The van der Waals surface area contributed by atoms with Crippen molar-refractivity contribution in [2.45, 2.75) is 73.7 Å². The van der Waals surface area contributed by atoms with Gasteiger partial charge in [-0.1, -0.05) is 58.3 Å². The first-order valence-corrected chi connectivity index (χ1v) is 15.5. The maximum Gasteiger partial charge on any atom is 2.00 e. The number of hydrogen-bond acceptors (Lipinski definition) is 4. The van der Waals surface area contributed by atoms with Crippen LogP contribution in [0.25, 0.3) is 0 Å². The first-order valence-electron chi connectivity index (χ1n) is 15.5. The topological polar surface area (TPSA) is 19.0 Å². The molecule has 246 valence electrons. The van der Waals surface area contributed by atoms with E-state index < -0.39 is 12.9 Å². The summed E-state index contributed by atoms with van der Waals surface area (Å²) in [6, 6.07) is 8.13. The van der Waals surface area contributed by atoms with Crippen molar-refractivity contribution in [3.05, 3.63) is 72.7 Å². The molecule has 2 aliphatic rings. The largest absolute Gasteiger partial charge is 2.00 e. The molecule has 43 heavy (non-hydrogen) atoms. The number of halogens is 4. The Bertz CT molecular complexity index is 802. The number of allylic oxidation sites excluding steroid dienone is 2. The second-order valence-corrected chi connectivity index (χ2v) is 10.6. The molecular weight excluding hydrogens is 780 g/mol. The summed E-state index contributed by atoms with van der Waals surface area (Å²) in [4.78, 5) is 7.21. The molecule has 9 heteroatoms. The summed E-state index contributed by atoms with van der Waals surface area (Å²) in [6.45, 7) is 28.8. The van der Waals surface area contributed by atoms with Crippen molar-refractivity contribution in [1.82, 2.24) is 14.7 Å². The third-order valence-corrected chi connectivity index (χ3v) is 7.10. The molecule has 0 spiro atoms. The van der Waals surface area contributed by atoms with Gasteiger partial charge in [0.2, 0.25) is 6.43 Å². The van der Waals surface area contributed by atoms with Gasteiger partial charge in [0.1, 0.15) is 0 Å². The van der Waals surface area contributed by atoms with Crippen LogP contribution in [0.2, 0.25) is 0 Å². The second-order valence-electron chi connectivity index (χ2n) is 10.6. The molecule has 1 aromatic rings. The van der Waals surface area contributed by atoms with Gasteiger partial charge in [0.15, 0.2) is 0 Å². The van der Waals surface area contributed by atoms with Gasteiger partial charge in [-0.05, 0) is 31.8 Å². The van der Waals surface area contributed by atoms with Crippen molar-refractivity contribution in [2.75, 3.05) is 65.6 Å². The average Bonchev–Trinajstić information content (AvgIpc) is 2.97. The summed E-state index contributed by atoms with van der Waals surface area (Å²) in [5.41, 5.74) is 4.11. The zero-order valence-corrected chi connectivity index (χ0v) is 31.8. The van der Waals surface area contributed by atoms with E-state index in [9.17, 15) is 17.6 Å². The SMILES string of the molecule is C=C(/C=C(/CC(F)F)C(C)CCCC)N1CCN(CCN2CCOCC2)CC1.CC.C[C-](F)F.[CH2-]c1ccc(C)cc1.[U+2]. The van der Waals surface area contributed by atoms with Gasteiger partial charge in [-0.3, -0.25) is 9.80 Å². The van der Waals surface area contributed by atoms with Gasteiger partial charge in [-0.15, -0.1) is 19.1 Å². The fourth-order valence-corrected chi connectivity index (χ4v) is 4.54. The summed E-state index contributed by atoms with van der Waals surface area (Å²) in [5.74, 6) is 0.195. The number of benzene rings is 1. The third kappa shape index (κ3) is 23.1. The molecule has 0 radical (unpaired) electrons. The van der Waals surface area contributed by atoms with E-state index in [1.165, 1.54) is 5.56 Å². The summed E-state index contributed by atoms with van der Waals surface area (Å²) in [5, 5.41) is 0. The molecule has 2 saturated heterocycles. The Morgan fingerprint density at radius 1 is 1.00 bits per heavy atom. The minimum absolute atomic E-state index is 0. The fraction of sp³-hybridized carbons (Fsp3) is 0.647. The molecule has 1 aromatic carbocycles. The van der Waals surface area contributed by atoms with Gasteiger partial charge < -0.3 is 18.4 Å². The maximum atomic E-state index is 13.0. The first-order chi connectivity index (χ1) is 20.0. The Balaban J connectivity index is 0. The monoisotopic (exact) mass is 837 g/mol. The van der Waals surface area contributed by atoms with E-state index in [2.05, 4.69) is 61.1 Å². The van der Waals surface area contributed by atoms with Crippen molar-refractivity contribution in [2.24, 2.45) is 5.92 Å². The van der Waals surface area contributed by atoms with Gasteiger partial charge in [0, 0.05) is 64.5 Å². The standard InChI is InChI=1S/C22H39F2N3O.C8H9.C2H3F2.C2H6.U/c1-4-5-6-19(2)21(18-22(23)24)17-20(3)27-11-9-25(10-12-27)7-8-26-13-15-28-16-14-26;1-7-3-5-8(2)6-4-7;1-2(3)4;1-2;/h17,19,22H,3-16,18H2,1-2H3;3-6H,1H2,2H3;1H3;1-2H3;/q;2*-1;;+2/b21-17-;;;;. The summed E-state index contributed by atoms with van der Waals surface area (Å²) in [7, 11) is 0. The summed E-state index contributed by atoms with van der Waals surface area (Å²) in [6.07, 6.45) is 1.08. The Kier molecular flexibility index (Phi) is 28.1. The van der Waals surface area contributed by atoms with Gasteiger partial charge in [-0.25, -0.2) is 8.78 Å². The molecule has 1 unspecified atom stereocenters. The van der Waals surface area contributed by atoms with Gasteiger partial charge >= 0.3 is 31.1 Å². The molecule has 0 aromatic heterocycles. The van der Waals surface area contributed by atoms with E-state index in [-0.39, 0.29) is 43.5 Å². The van der Waals surface area contributed by atoms with E-state index in [1.54, 1.807) is 0 Å². The number of nitrogens with zero attached hydrogens (tertiary/aromatic N) is 3. The van der Waals surface area contributed by atoms with Crippen LogP contribution in [0.4, 0.5) is 17.6 Å². The number of aryl methyl sites for hydroxylation is 1. The Hall–Kier alpha value is -0.978. The number of hydrogen-bond donors (Lipinski definition) is 0. The molecule has 0 bridgehead atoms. The van der Waals surface area contributed by atoms with Crippen LogP contribution in [0.3, 0.4) is 0 Å². The van der Waals surface area contributed by atoms with Gasteiger partial charge in [0.25, 0.3) is 0 Å². The van der Waals surface area contributed by atoms with Crippen molar-refractivity contribution in [3.63, 3.8) is 0 Å². The number of piperazine rings is 1. The van der Waals surface area contributed by atoms with Crippen LogP contribution < -0.4 is 0 Å². The maximum absolute atomic E-state index is 13.0. The van der Waals surface area contributed by atoms with E-state index in [1.807, 2.05) is 32.1 Å². The zero-order chi connectivity index (χ0) is 31.9. The van der Waals surface area contributed by atoms with Gasteiger partial charge in [0.05, 0.1) is 13.2 Å². The van der Waals surface area contributed by atoms with Gasteiger partial charge in [-0.2, -0.15) is 24.6 Å². The van der Waals surface area contributed by atoms with Crippen LogP contribution in [-0.4, -0.2) is 86.7 Å². The van der Waals surface area contributed by atoms with Crippen molar-refractivity contribution < 1.29 is 53.4 Å². The van der Waals surface area contributed by atoms with Crippen LogP contribution in [0, 0.1) is 57.3 Å². The fourth-order valence-electron chi connectivity index (χ4n) is 4.54. The van der Waals surface area contributed by atoms with Crippen LogP contribution in [0.1, 0.15) is 71.4 Å². The molecule has 0 aliphatic carbocycles. The molecule has 0 N–H and O–H groups in total. The predicted molar refractivity (Wildman–Crippen MR) is 170 cm³/mol. The average molecular weight is 838 g/mol. The van der Waals surface area contributed by atoms with E-state index >= 15 is 0 Å². The molecule has 2 aliphatic heterocycles. The quantitative estimate of drug-likeness (QED) is 0.127. The Morgan fingerprint density at radius 3 is 1.93 bits per heavy atom. The normalized spacial score (nSPS) is 16.6. The van der Waals surface area contributed by atoms with E-state index in [4.69, 9.17) is 4.74 Å². The molecule has 3 rings (SSSR count). The van der Waals surface area contributed by atoms with Crippen LogP contribution >= 0.6 is 0 Å². The van der Waals surface area contributed by atoms with Crippen molar-refractivity contribution in [3.8, 4) is 0 Å². The number of ether oxygens (including phenoxy) is 1. The number of unbranched alkanes of at least 4 members (excludes halogenated alkanes) is 1. The summed E-state index contributed by atoms with van der Waals surface area (Å²) >= 11 is 0. The molecule has 2 fully saturated rings. The van der Waals surface area contributed by atoms with Crippen LogP contribution in [0.15, 0.2) is 48.2 Å². The number of morpholine rings is 1. The Labute approximate surface area is 284 Å². The molecule has 0 amide bonds. The third-order valence-electron chi connectivity index (χ3n) is 7.10. The Morgan fingerprint density at radius 2 is 1.49 bits per heavy atom. The number of rotatable bonds is 11. The molecule has 0 saturated carbocycles. The van der Waals surface area contributed by atoms with E-state index in [0.29, 0.717) is 0 Å². The van der Waals surface area contributed by atoms with Crippen molar-refractivity contribution >= 4 is 0 Å². The predicted octanol–water partition coefficient (Wildman–Crippen LogP) is 8.50. The van der Waals surface area contributed by atoms with Crippen molar-refractivity contribution in [1.29, 1.82) is 0 Å². The second kappa shape index (κ2) is 27.3. The molecule has 1 atom stereocenters. The first kappa shape index (κ1) is 44.1. The number of alkyl halides is 2. The molecule has 2 heterocycles. The minimum Gasteiger partial charge on any atom is -0.422 e. The summed E-state index contributed by atoms with van der Waals surface area (Å²) < 4.78 is 52.0. The minimum atomic E-state index is -2.29. The van der Waals surface area contributed by atoms with Crippen LogP contribution in [-0.2, 0) is 4.74 Å². The molecule has 4 nitrogen and oxygen atoms in total. The van der Waals surface area contributed by atoms with E-state index in [0.717, 1.165) is 109 Å².